The lowest BCUT2D eigenvalue weighted by molar-refractivity contribution is 0.610. The first kappa shape index (κ1) is 15.1. The zero-order valence-corrected chi connectivity index (χ0v) is 13.5. The van der Waals surface area contributed by atoms with E-state index in [0.29, 0.717) is 6.42 Å². The first-order valence-corrected chi connectivity index (χ1v) is 7.11. The van der Waals surface area contributed by atoms with Gasteiger partial charge in [0.1, 0.15) is 0 Å². The quantitative estimate of drug-likeness (QED) is 0.936. The van der Waals surface area contributed by atoms with Gasteiger partial charge in [-0.3, -0.25) is 9.36 Å². The Labute approximate surface area is 124 Å². The van der Waals surface area contributed by atoms with Crippen LogP contribution in [-0.4, -0.2) is 25.6 Å². The number of nitrogens with zero attached hydrogens (tertiary/aromatic N) is 4. The van der Waals surface area contributed by atoms with Crippen molar-refractivity contribution in [1.82, 2.24) is 19.6 Å². The largest absolute Gasteiger partial charge is 0.327 e. The first-order valence-electron chi connectivity index (χ1n) is 6.73. The highest BCUT2D eigenvalue weighted by molar-refractivity contribution is 6.31. The number of halogens is 1. The summed E-state index contributed by atoms with van der Waals surface area (Å²) >= 11 is 6.27. The van der Waals surface area contributed by atoms with Crippen LogP contribution in [0.5, 0.6) is 0 Å². The number of nitrogens with two attached hydrogens (primary N) is 1. The zero-order chi connectivity index (χ0) is 15.0. The van der Waals surface area contributed by atoms with Crippen LogP contribution in [0.3, 0.4) is 0 Å². The molecule has 2 rings (SSSR count). The fourth-order valence-corrected chi connectivity index (χ4v) is 2.83. The van der Waals surface area contributed by atoms with Crippen LogP contribution in [0, 0.1) is 20.8 Å². The van der Waals surface area contributed by atoms with Crippen LogP contribution in [0.1, 0.15) is 28.3 Å². The van der Waals surface area contributed by atoms with Crippen LogP contribution in [0.15, 0.2) is 0 Å². The van der Waals surface area contributed by atoms with E-state index in [1.807, 2.05) is 37.3 Å². The van der Waals surface area contributed by atoms with Gasteiger partial charge in [-0.15, -0.1) is 0 Å². The maximum atomic E-state index is 6.30. The van der Waals surface area contributed by atoms with Gasteiger partial charge in [0, 0.05) is 32.3 Å². The van der Waals surface area contributed by atoms with Crippen molar-refractivity contribution in [1.29, 1.82) is 0 Å². The minimum Gasteiger partial charge on any atom is -0.327 e. The van der Waals surface area contributed by atoms with Crippen molar-refractivity contribution in [2.45, 2.75) is 39.7 Å². The van der Waals surface area contributed by atoms with Crippen LogP contribution >= 0.6 is 11.6 Å². The molecule has 2 heterocycles. The Balaban J connectivity index is 2.15. The molecule has 0 aliphatic heterocycles. The molecule has 0 aliphatic carbocycles. The van der Waals surface area contributed by atoms with Gasteiger partial charge in [-0.25, -0.2) is 0 Å². The van der Waals surface area contributed by atoms with Gasteiger partial charge in [-0.2, -0.15) is 10.2 Å². The predicted molar refractivity (Wildman–Crippen MR) is 81.0 cm³/mol. The Morgan fingerprint density at radius 2 is 1.65 bits per heavy atom. The second-order valence-electron chi connectivity index (χ2n) is 5.41. The average molecular weight is 296 g/mol. The Kier molecular flexibility index (Phi) is 4.20. The molecule has 0 bridgehead atoms. The molecule has 0 amide bonds. The molecule has 0 aromatic carbocycles. The standard InChI is InChI=1S/C14H22ClN5/c1-8-12(10(3)19(4)17-8)6-11(16)7-13-14(15)9(2)18-20(13)5/h11H,6-7,16H2,1-5H3. The summed E-state index contributed by atoms with van der Waals surface area (Å²) in [7, 11) is 3.86. The van der Waals surface area contributed by atoms with E-state index in [1.165, 1.54) is 11.3 Å². The van der Waals surface area contributed by atoms with Crippen LogP contribution in [-0.2, 0) is 26.9 Å². The van der Waals surface area contributed by atoms with Gasteiger partial charge in [0.15, 0.2) is 0 Å². The van der Waals surface area contributed by atoms with Crippen LogP contribution in [0.25, 0.3) is 0 Å². The van der Waals surface area contributed by atoms with Crippen molar-refractivity contribution in [2.24, 2.45) is 19.8 Å². The van der Waals surface area contributed by atoms with E-state index in [9.17, 15) is 0 Å². The molecule has 0 saturated heterocycles. The summed E-state index contributed by atoms with van der Waals surface area (Å²) in [6.07, 6.45) is 1.51. The fraction of sp³-hybridized carbons (Fsp3) is 0.571. The zero-order valence-electron chi connectivity index (χ0n) is 12.7. The smallest absolute Gasteiger partial charge is 0.0847 e. The number of rotatable bonds is 4. The molecular formula is C14H22ClN5. The molecule has 1 atom stereocenters. The Morgan fingerprint density at radius 3 is 2.10 bits per heavy atom. The van der Waals surface area contributed by atoms with Gasteiger partial charge in [0.05, 0.1) is 22.1 Å². The number of aromatic nitrogens is 4. The summed E-state index contributed by atoms with van der Waals surface area (Å²) in [5, 5.41) is 9.47. The molecule has 2 aromatic rings. The predicted octanol–water partition coefficient (Wildman–Crippen LogP) is 1.84. The molecule has 0 aliphatic rings. The van der Waals surface area contributed by atoms with Crippen molar-refractivity contribution >= 4 is 11.6 Å². The van der Waals surface area contributed by atoms with E-state index in [1.54, 1.807) is 0 Å². The highest BCUT2D eigenvalue weighted by atomic mass is 35.5. The lowest BCUT2D eigenvalue weighted by atomic mass is 10.0. The van der Waals surface area contributed by atoms with E-state index in [0.717, 1.165) is 28.5 Å². The van der Waals surface area contributed by atoms with Gasteiger partial charge in [-0.05, 0) is 32.8 Å². The second-order valence-corrected chi connectivity index (χ2v) is 5.79. The number of hydrogen-bond donors (Lipinski definition) is 1. The van der Waals surface area contributed by atoms with Crippen LogP contribution in [0.4, 0.5) is 0 Å². The molecule has 2 aromatic heterocycles. The number of hydrogen-bond acceptors (Lipinski definition) is 3. The van der Waals surface area contributed by atoms with Gasteiger partial charge < -0.3 is 5.73 Å². The van der Waals surface area contributed by atoms with E-state index in [4.69, 9.17) is 17.3 Å². The maximum Gasteiger partial charge on any atom is 0.0847 e. The summed E-state index contributed by atoms with van der Waals surface area (Å²) in [5.74, 6) is 0. The lowest BCUT2D eigenvalue weighted by Crippen LogP contribution is -2.27. The summed E-state index contributed by atoms with van der Waals surface area (Å²) in [5.41, 5.74) is 11.6. The van der Waals surface area contributed by atoms with Crippen LogP contribution < -0.4 is 5.73 Å². The highest BCUT2D eigenvalue weighted by Crippen LogP contribution is 2.22. The monoisotopic (exact) mass is 295 g/mol. The lowest BCUT2D eigenvalue weighted by Gasteiger charge is -2.12. The average Bonchev–Trinajstić information content (AvgIpc) is 2.74. The summed E-state index contributed by atoms with van der Waals surface area (Å²) < 4.78 is 3.72. The maximum absolute atomic E-state index is 6.30. The third kappa shape index (κ3) is 2.74. The van der Waals surface area contributed by atoms with Crippen molar-refractivity contribution in [3.8, 4) is 0 Å². The minimum absolute atomic E-state index is 0.00361. The Bertz CT molecular complexity index is 572. The number of aryl methyl sites for hydroxylation is 4. The van der Waals surface area contributed by atoms with Gasteiger partial charge in [0.25, 0.3) is 0 Å². The van der Waals surface area contributed by atoms with Gasteiger partial charge >= 0.3 is 0 Å². The molecule has 110 valence electrons. The molecule has 0 radical (unpaired) electrons. The van der Waals surface area contributed by atoms with Crippen LogP contribution in [0.2, 0.25) is 5.02 Å². The molecule has 20 heavy (non-hydrogen) atoms. The Hall–Kier alpha value is -1.33. The molecule has 2 N–H and O–H groups in total. The van der Waals surface area contributed by atoms with Gasteiger partial charge in [0.2, 0.25) is 0 Å². The third-order valence-electron chi connectivity index (χ3n) is 3.84. The molecule has 5 nitrogen and oxygen atoms in total. The molecule has 0 saturated carbocycles. The highest BCUT2D eigenvalue weighted by Gasteiger charge is 2.18. The molecule has 6 heteroatoms. The third-order valence-corrected chi connectivity index (χ3v) is 4.33. The molecule has 0 fully saturated rings. The van der Waals surface area contributed by atoms with Gasteiger partial charge in [-0.1, -0.05) is 11.6 Å². The normalized spacial score (nSPS) is 12.9. The molecule has 0 spiro atoms. The molecule has 1 unspecified atom stereocenters. The van der Waals surface area contributed by atoms with Crippen molar-refractivity contribution in [3.63, 3.8) is 0 Å². The summed E-state index contributed by atoms with van der Waals surface area (Å²) in [4.78, 5) is 0. The van der Waals surface area contributed by atoms with E-state index in [2.05, 4.69) is 17.1 Å². The van der Waals surface area contributed by atoms with Crippen molar-refractivity contribution < 1.29 is 0 Å². The summed E-state index contributed by atoms with van der Waals surface area (Å²) in [6, 6.07) is 0.00361. The summed E-state index contributed by atoms with van der Waals surface area (Å²) in [6.45, 7) is 6.01. The fourth-order valence-electron chi connectivity index (χ4n) is 2.60. The SMILES string of the molecule is Cc1nn(C)c(CC(N)Cc2c(C)nn(C)c2C)c1Cl. The van der Waals surface area contributed by atoms with E-state index >= 15 is 0 Å². The van der Waals surface area contributed by atoms with E-state index < -0.39 is 0 Å². The first-order chi connectivity index (χ1) is 9.31. The van der Waals surface area contributed by atoms with E-state index in [-0.39, 0.29) is 6.04 Å². The van der Waals surface area contributed by atoms with Crippen molar-refractivity contribution in [3.05, 3.63) is 33.4 Å². The topological polar surface area (TPSA) is 61.7 Å². The second kappa shape index (κ2) is 5.58. The van der Waals surface area contributed by atoms with Crippen molar-refractivity contribution in [2.75, 3.05) is 0 Å². The minimum atomic E-state index is 0.00361. The Morgan fingerprint density at radius 1 is 1.05 bits per heavy atom. The molecular weight excluding hydrogens is 274 g/mol.